The molecule has 1 fully saturated rings. The zero-order valence-corrected chi connectivity index (χ0v) is 15.9. The molecule has 0 atom stereocenters. The van der Waals surface area contributed by atoms with Crippen LogP contribution in [-0.2, 0) is 19.4 Å². The van der Waals surface area contributed by atoms with Gasteiger partial charge in [-0.1, -0.05) is 17.2 Å². The molecule has 142 valence electrons. The Morgan fingerprint density at radius 3 is 2.22 bits per heavy atom. The average Bonchev–Trinajstić information content (AvgIpc) is 2.65. The van der Waals surface area contributed by atoms with Crippen LogP contribution in [0, 0.1) is 11.6 Å². The average molecular weight is 411 g/mol. The smallest absolute Gasteiger partial charge is 0.188 e. The van der Waals surface area contributed by atoms with Gasteiger partial charge in [-0.15, -0.1) is 0 Å². The standard InChI is InChI=1S/C20H17ClF2O3S/c21-15-1-4-17(5-2-15)27(25,26)20(10-7-14(8-11-20)9-12-24)18-13-16(22)3-6-19(18)23/h1-6,9,12-13H,7-8,10-11H2. The van der Waals surface area contributed by atoms with E-state index >= 15 is 0 Å². The Morgan fingerprint density at radius 1 is 1.00 bits per heavy atom. The maximum Gasteiger partial charge on any atom is 0.188 e. The van der Waals surface area contributed by atoms with Gasteiger partial charge < -0.3 is 0 Å². The van der Waals surface area contributed by atoms with Gasteiger partial charge in [-0.25, -0.2) is 17.2 Å². The van der Waals surface area contributed by atoms with Gasteiger partial charge in [0.15, 0.2) is 9.84 Å². The Morgan fingerprint density at radius 2 is 1.63 bits per heavy atom. The summed E-state index contributed by atoms with van der Waals surface area (Å²) < 4.78 is 53.9. The monoisotopic (exact) mass is 410 g/mol. The second-order valence-electron chi connectivity index (χ2n) is 6.54. The van der Waals surface area contributed by atoms with E-state index in [2.05, 4.69) is 0 Å². The predicted octanol–water partition coefficient (Wildman–Crippen LogP) is 4.99. The van der Waals surface area contributed by atoms with Crippen LogP contribution in [0.15, 0.2) is 59.0 Å². The molecule has 1 saturated carbocycles. The second kappa shape index (κ2) is 7.52. The van der Waals surface area contributed by atoms with Crippen molar-refractivity contribution in [1.29, 1.82) is 0 Å². The first-order valence-electron chi connectivity index (χ1n) is 8.39. The lowest BCUT2D eigenvalue weighted by atomic mass is 9.80. The number of sulfone groups is 1. The molecule has 27 heavy (non-hydrogen) atoms. The van der Waals surface area contributed by atoms with Gasteiger partial charge in [0.25, 0.3) is 0 Å². The summed E-state index contributed by atoms with van der Waals surface area (Å²) in [6, 6.07) is 8.50. The molecule has 0 bridgehead atoms. The van der Waals surface area contributed by atoms with Crippen molar-refractivity contribution in [1.82, 2.24) is 0 Å². The molecule has 0 N–H and O–H groups in total. The van der Waals surface area contributed by atoms with E-state index in [1.54, 1.807) is 0 Å². The number of hydrogen-bond donors (Lipinski definition) is 0. The molecule has 0 saturated heterocycles. The van der Waals surface area contributed by atoms with Crippen molar-refractivity contribution in [3.63, 3.8) is 0 Å². The molecular weight excluding hydrogens is 394 g/mol. The molecule has 1 aliphatic rings. The molecule has 1 aliphatic carbocycles. The van der Waals surface area contributed by atoms with E-state index in [-0.39, 0.29) is 23.3 Å². The molecule has 0 heterocycles. The third-order valence-corrected chi connectivity index (χ3v) is 7.86. The minimum atomic E-state index is -4.05. The SMILES string of the molecule is O=CC=C1CCC(c2cc(F)ccc2F)(S(=O)(=O)c2ccc(Cl)cc2)CC1. The zero-order chi connectivity index (χ0) is 19.7. The van der Waals surface area contributed by atoms with Crippen LogP contribution >= 0.6 is 11.6 Å². The fraction of sp³-hybridized carbons (Fsp3) is 0.250. The van der Waals surface area contributed by atoms with Crippen LogP contribution in [0.3, 0.4) is 0 Å². The number of hydrogen-bond acceptors (Lipinski definition) is 3. The molecule has 0 aliphatic heterocycles. The topological polar surface area (TPSA) is 51.2 Å². The van der Waals surface area contributed by atoms with Crippen LogP contribution in [0.2, 0.25) is 5.02 Å². The number of rotatable bonds is 4. The Labute approximate surface area is 161 Å². The molecule has 3 rings (SSSR count). The van der Waals surface area contributed by atoms with Crippen molar-refractivity contribution in [2.45, 2.75) is 35.3 Å². The minimum Gasteiger partial charge on any atom is -0.299 e. The fourth-order valence-corrected chi connectivity index (χ4v) is 5.87. The van der Waals surface area contributed by atoms with E-state index in [1.165, 1.54) is 30.3 Å². The number of allylic oxidation sites excluding steroid dienone is 2. The lowest BCUT2D eigenvalue weighted by Crippen LogP contribution is -2.39. The Bertz CT molecular complexity index is 988. The molecule has 2 aromatic rings. The summed E-state index contributed by atoms with van der Waals surface area (Å²) in [5.74, 6) is -1.47. The Kier molecular flexibility index (Phi) is 5.49. The summed E-state index contributed by atoms with van der Waals surface area (Å²) in [6.07, 6.45) is 2.78. The largest absolute Gasteiger partial charge is 0.299 e. The number of carbonyl (C=O) groups excluding carboxylic acids is 1. The van der Waals surface area contributed by atoms with Crippen LogP contribution in [0.5, 0.6) is 0 Å². The van der Waals surface area contributed by atoms with Gasteiger partial charge in [0, 0.05) is 10.6 Å². The number of halogens is 3. The molecule has 3 nitrogen and oxygen atoms in total. The lowest BCUT2D eigenvalue weighted by Gasteiger charge is -2.38. The van der Waals surface area contributed by atoms with E-state index in [0.717, 1.165) is 23.8 Å². The predicted molar refractivity (Wildman–Crippen MR) is 99.3 cm³/mol. The number of benzene rings is 2. The van der Waals surface area contributed by atoms with Crippen molar-refractivity contribution >= 4 is 27.7 Å². The van der Waals surface area contributed by atoms with Crippen LogP contribution in [0.1, 0.15) is 31.2 Å². The van der Waals surface area contributed by atoms with E-state index in [4.69, 9.17) is 11.6 Å². The highest BCUT2D eigenvalue weighted by molar-refractivity contribution is 7.92. The molecule has 0 amide bonds. The third-order valence-electron chi connectivity index (χ3n) is 5.06. The molecule has 0 spiro atoms. The highest BCUT2D eigenvalue weighted by Gasteiger charge is 2.49. The van der Waals surface area contributed by atoms with Gasteiger partial charge in [-0.05, 0) is 74.2 Å². The molecule has 0 aromatic heterocycles. The van der Waals surface area contributed by atoms with Gasteiger partial charge in [-0.3, -0.25) is 4.79 Å². The molecule has 2 aromatic carbocycles. The van der Waals surface area contributed by atoms with E-state index in [0.29, 0.717) is 24.2 Å². The first-order valence-corrected chi connectivity index (χ1v) is 10.3. The lowest BCUT2D eigenvalue weighted by molar-refractivity contribution is -0.104. The van der Waals surface area contributed by atoms with Gasteiger partial charge >= 0.3 is 0 Å². The maximum absolute atomic E-state index is 14.6. The van der Waals surface area contributed by atoms with Gasteiger partial charge in [0.05, 0.1) is 4.90 Å². The van der Waals surface area contributed by atoms with Gasteiger partial charge in [0.2, 0.25) is 0 Å². The van der Waals surface area contributed by atoms with Crippen LogP contribution in [0.4, 0.5) is 8.78 Å². The summed E-state index contributed by atoms with van der Waals surface area (Å²) in [5, 5.41) is 0.375. The van der Waals surface area contributed by atoms with Gasteiger partial charge in [-0.2, -0.15) is 0 Å². The molecule has 0 unspecified atom stereocenters. The first kappa shape index (κ1) is 19.7. The van der Waals surface area contributed by atoms with Crippen molar-refractivity contribution in [2.75, 3.05) is 0 Å². The fourth-order valence-electron chi connectivity index (χ4n) is 3.61. The maximum atomic E-state index is 14.6. The zero-order valence-electron chi connectivity index (χ0n) is 14.3. The molecule has 0 radical (unpaired) electrons. The Hall–Kier alpha value is -2.05. The quantitative estimate of drug-likeness (QED) is 0.527. The molecular formula is C20H17ClF2O3S. The minimum absolute atomic E-state index is 0.00150. The van der Waals surface area contributed by atoms with Crippen molar-refractivity contribution in [2.24, 2.45) is 0 Å². The number of carbonyl (C=O) groups is 1. The normalized spacial score (nSPS) is 20.3. The Balaban J connectivity index is 2.19. The summed E-state index contributed by atoms with van der Waals surface area (Å²) in [5.41, 5.74) is 0.617. The molecule has 7 heteroatoms. The van der Waals surface area contributed by atoms with E-state index in [1.807, 2.05) is 0 Å². The summed E-state index contributed by atoms with van der Waals surface area (Å²) in [4.78, 5) is 10.7. The van der Waals surface area contributed by atoms with Gasteiger partial charge in [0.1, 0.15) is 22.7 Å². The van der Waals surface area contributed by atoms with Crippen molar-refractivity contribution in [3.05, 3.63) is 76.3 Å². The summed E-state index contributed by atoms with van der Waals surface area (Å²) in [7, 11) is -4.05. The highest BCUT2D eigenvalue weighted by atomic mass is 35.5. The third kappa shape index (κ3) is 3.56. The van der Waals surface area contributed by atoms with Crippen LogP contribution < -0.4 is 0 Å². The van der Waals surface area contributed by atoms with Crippen LogP contribution in [0.25, 0.3) is 0 Å². The summed E-state index contributed by atoms with van der Waals surface area (Å²) in [6.45, 7) is 0. The summed E-state index contributed by atoms with van der Waals surface area (Å²) >= 11 is 5.85. The van der Waals surface area contributed by atoms with Crippen molar-refractivity contribution < 1.29 is 22.0 Å². The number of aldehydes is 1. The highest BCUT2D eigenvalue weighted by Crippen LogP contribution is 2.49. The van der Waals surface area contributed by atoms with Crippen LogP contribution in [-0.4, -0.2) is 14.7 Å². The van der Waals surface area contributed by atoms with E-state index < -0.39 is 26.2 Å². The second-order valence-corrected chi connectivity index (χ2v) is 9.23. The van der Waals surface area contributed by atoms with E-state index in [9.17, 15) is 22.0 Å². The first-order chi connectivity index (χ1) is 12.8. The van der Waals surface area contributed by atoms with Crippen molar-refractivity contribution in [3.8, 4) is 0 Å².